The standard InChI is InChI=1S/C25H28N6O2S/c1-17-23(18(2)31(29-17)20-12-7-4-8-13-20)26-22(32)16-34-25-28-27-24(21-14-9-15-33-21)30(25)19-10-5-3-6-11-19/h4,7-9,12-15,19H,3,5-6,10-11,16H2,1-2H3,(H,26,32). The lowest BCUT2D eigenvalue weighted by molar-refractivity contribution is -0.113. The van der Waals surface area contributed by atoms with Gasteiger partial charge >= 0.3 is 0 Å². The van der Waals surface area contributed by atoms with Gasteiger partial charge in [-0.2, -0.15) is 5.10 Å². The van der Waals surface area contributed by atoms with Crippen LogP contribution in [0.25, 0.3) is 17.3 Å². The van der Waals surface area contributed by atoms with Gasteiger partial charge in [0, 0.05) is 6.04 Å². The number of amides is 1. The summed E-state index contributed by atoms with van der Waals surface area (Å²) in [6.45, 7) is 3.87. The summed E-state index contributed by atoms with van der Waals surface area (Å²) in [5, 5.41) is 17.3. The van der Waals surface area contributed by atoms with E-state index in [0.717, 1.165) is 46.6 Å². The molecule has 9 heteroatoms. The molecule has 1 amide bonds. The molecule has 34 heavy (non-hydrogen) atoms. The number of benzene rings is 1. The summed E-state index contributed by atoms with van der Waals surface area (Å²) in [6, 6.07) is 14.0. The van der Waals surface area contributed by atoms with Crippen LogP contribution in [-0.4, -0.2) is 36.2 Å². The van der Waals surface area contributed by atoms with E-state index < -0.39 is 0 Å². The largest absolute Gasteiger partial charge is 0.461 e. The van der Waals surface area contributed by atoms with Crippen LogP contribution >= 0.6 is 11.8 Å². The van der Waals surface area contributed by atoms with Crippen molar-refractivity contribution >= 4 is 23.4 Å². The maximum atomic E-state index is 12.9. The predicted molar refractivity (Wildman–Crippen MR) is 132 cm³/mol. The van der Waals surface area contributed by atoms with Gasteiger partial charge in [-0.3, -0.25) is 9.36 Å². The Labute approximate surface area is 202 Å². The number of anilines is 1. The Morgan fingerprint density at radius 3 is 2.62 bits per heavy atom. The Morgan fingerprint density at radius 1 is 1.09 bits per heavy atom. The summed E-state index contributed by atoms with van der Waals surface area (Å²) < 4.78 is 9.63. The van der Waals surface area contributed by atoms with Crippen molar-refractivity contribution in [2.24, 2.45) is 0 Å². The van der Waals surface area contributed by atoms with Crippen LogP contribution in [0, 0.1) is 13.8 Å². The SMILES string of the molecule is Cc1nn(-c2ccccc2)c(C)c1NC(=O)CSc1nnc(-c2ccco2)n1C1CCCCC1. The monoisotopic (exact) mass is 476 g/mol. The number of carbonyl (C=O) groups excluding carboxylic acids is 1. The molecular formula is C25H28N6O2S. The topological polar surface area (TPSA) is 90.8 Å². The fourth-order valence-corrected chi connectivity index (χ4v) is 5.37. The van der Waals surface area contributed by atoms with Crippen molar-refractivity contribution in [2.45, 2.75) is 57.1 Å². The van der Waals surface area contributed by atoms with Crippen molar-refractivity contribution in [1.29, 1.82) is 0 Å². The van der Waals surface area contributed by atoms with E-state index in [0.29, 0.717) is 11.8 Å². The van der Waals surface area contributed by atoms with Gasteiger partial charge in [0.25, 0.3) is 0 Å². The van der Waals surface area contributed by atoms with Crippen molar-refractivity contribution in [3.05, 3.63) is 60.1 Å². The van der Waals surface area contributed by atoms with Crippen molar-refractivity contribution in [1.82, 2.24) is 24.5 Å². The molecule has 8 nitrogen and oxygen atoms in total. The smallest absolute Gasteiger partial charge is 0.234 e. The average molecular weight is 477 g/mol. The first-order valence-electron chi connectivity index (χ1n) is 11.6. The van der Waals surface area contributed by atoms with Gasteiger partial charge in [0.15, 0.2) is 10.9 Å². The molecule has 0 atom stereocenters. The molecule has 0 saturated heterocycles. The Balaban J connectivity index is 1.32. The summed E-state index contributed by atoms with van der Waals surface area (Å²) in [5.41, 5.74) is 3.39. The second-order valence-electron chi connectivity index (χ2n) is 8.58. The number of para-hydroxylation sites is 1. The number of hydrogen-bond donors (Lipinski definition) is 1. The third-order valence-electron chi connectivity index (χ3n) is 6.23. The van der Waals surface area contributed by atoms with Gasteiger partial charge in [-0.25, -0.2) is 4.68 Å². The number of hydrogen-bond acceptors (Lipinski definition) is 6. The van der Waals surface area contributed by atoms with E-state index in [9.17, 15) is 4.79 Å². The van der Waals surface area contributed by atoms with Crippen LogP contribution in [-0.2, 0) is 4.79 Å². The molecule has 5 rings (SSSR count). The number of rotatable bonds is 7. The molecule has 0 bridgehead atoms. The quantitative estimate of drug-likeness (QED) is 0.350. The lowest BCUT2D eigenvalue weighted by Crippen LogP contribution is -2.18. The first kappa shape index (κ1) is 22.5. The van der Waals surface area contributed by atoms with Crippen LogP contribution in [0.1, 0.15) is 49.5 Å². The van der Waals surface area contributed by atoms with E-state index in [2.05, 4.69) is 25.2 Å². The molecule has 1 N–H and O–H groups in total. The van der Waals surface area contributed by atoms with Crippen molar-refractivity contribution in [2.75, 3.05) is 11.1 Å². The minimum Gasteiger partial charge on any atom is -0.461 e. The second-order valence-corrected chi connectivity index (χ2v) is 9.52. The zero-order valence-corrected chi connectivity index (χ0v) is 20.2. The van der Waals surface area contributed by atoms with Crippen LogP contribution in [0.15, 0.2) is 58.3 Å². The zero-order valence-electron chi connectivity index (χ0n) is 19.4. The third-order valence-corrected chi connectivity index (χ3v) is 7.18. The highest BCUT2D eigenvalue weighted by Gasteiger charge is 2.25. The van der Waals surface area contributed by atoms with Crippen LogP contribution in [0.4, 0.5) is 5.69 Å². The number of carbonyl (C=O) groups is 1. The highest BCUT2D eigenvalue weighted by Crippen LogP contribution is 2.35. The van der Waals surface area contributed by atoms with Gasteiger partial charge in [-0.1, -0.05) is 49.2 Å². The molecule has 1 fully saturated rings. The molecule has 4 aromatic rings. The van der Waals surface area contributed by atoms with E-state index >= 15 is 0 Å². The van der Waals surface area contributed by atoms with Gasteiger partial charge in [0.1, 0.15) is 0 Å². The van der Waals surface area contributed by atoms with Gasteiger partial charge in [-0.15, -0.1) is 10.2 Å². The molecule has 0 spiro atoms. The van der Waals surface area contributed by atoms with Gasteiger partial charge in [0.2, 0.25) is 11.7 Å². The lowest BCUT2D eigenvalue weighted by atomic mass is 9.95. The molecule has 3 heterocycles. The van der Waals surface area contributed by atoms with E-state index in [-0.39, 0.29) is 11.7 Å². The summed E-state index contributed by atoms with van der Waals surface area (Å²) in [5.74, 6) is 1.57. The Bertz CT molecular complexity index is 1260. The summed E-state index contributed by atoms with van der Waals surface area (Å²) in [4.78, 5) is 12.9. The maximum absolute atomic E-state index is 12.9. The van der Waals surface area contributed by atoms with Crippen LogP contribution in [0.5, 0.6) is 0 Å². The molecule has 1 aliphatic carbocycles. The second kappa shape index (κ2) is 9.89. The maximum Gasteiger partial charge on any atom is 0.234 e. The first-order chi connectivity index (χ1) is 16.6. The number of nitrogens with zero attached hydrogens (tertiary/aromatic N) is 5. The molecule has 1 aliphatic rings. The van der Waals surface area contributed by atoms with Crippen molar-refractivity contribution < 1.29 is 9.21 Å². The van der Waals surface area contributed by atoms with E-state index in [4.69, 9.17) is 4.42 Å². The van der Waals surface area contributed by atoms with Gasteiger partial charge < -0.3 is 9.73 Å². The molecule has 3 aromatic heterocycles. The highest BCUT2D eigenvalue weighted by molar-refractivity contribution is 7.99. The minimum atomic E-state index is -0.0958. The Hall–Kier alpha value is -3.33. The van der Waals surface area contributed by atoms with E-state index in [1.165, 1.54) is 31.0 Å². The molecule has 1 aromatic carbocycles. The number of nitrogens with one attached hydrogen (secondary N) is 1. The normalized spacial score (nSPS) is 14.4. The molecular weight excluding hydrogens is 448 g/mol. The molecule has 0 unspecified atom stereocenters. The third kappa shape index (κ3) is 4.52. The van der Waals surface area contributed by atoms with Crippen molar-refractivity contribution in [3.63, 3.8) is 0 Å². The van der Waals surface area contributed by atoms with E-state index in [1.54, 1.807) is 6.26 Å². The number of aryl methyl sites for hydroxylation is 1. The fraction of sp³-hybridized carbons (Fsp3) is 0.360. The minimum absolute atomic E-state index is 0.0958. The number of thioether (sulfide) groups is 1. The van der Waals surface area contributed by atoms with Gasteiger partial charge in [0.05, 0.1) is 34.8 Å². The first-order valence-corrected chi connectivity index (χ1v) is 12.6. The Morgan fingerprint density at radius 2 is 1.88 bits per heavy atom. The van der Waals surface area contributed by atoms with E-state index in [1.807, 2.05) is 61.0 Å². The average Bonchev–Trinajstić information content (AvgIpc) is 3.60. The van der Waals surface area contributed by atoms with Crippen LogP contribution in [0.2, 0.25) is 0 Å². The summed E-state index contributed by atoms with van der Waals surface area (Å²) in [6.07, 6.45) is 7.46. The van der Waals surface area contributed by atoms with Crippen LogP contribution < -0.4 is 5.32 Å². The highest BCUT2D eigenvalue weighted by atomic mass is 32.2. The van der Waals surface area contributed by atoms with Crippen molar-refractivity contribution in [3.8, 4) is 17.3 Å². The predicted octanol–water partition coefficient (Wildman–Crippen LogP) is 5.58. The lowest BCUT2D eigenvalue weighted by Gasteiger charge is -2.25. The number of furan rings is 1. The fourth-order valence-electron chi connectivity index (χ4n) is 4.57. The number of aromatic nitrogens is 5. The molecule has 0 radical (unpaired) electrons. The zero-order chi connectivity index (χ0) is 23.5. The molecule has 0 aliphatic heterocycles. The summed E-state index contributed by atoms with van der Waals surface area (Å²) >= 11 is 1.41. The summed E-state index contributed by atoms with van der Waals surface area (Å²) in [7, 11) is 0. The molecule has 176 valence electrons. The Kier molecular flexibility index (Phi) is 6.53. The molecule has 1 saturated carbocycles. The van der Waals surface area contributed by atoms with Gasteiger partial charge in [-0.05, 0) is 51.0 Å². The van der Waals surface area contributed by atoms with Crippen LogP contribution in [0.3, 0.4) is 0 Å².